The zero-order valence-corrected chi connectivity index (χ0v) is 11.0. The highest BCUT2D eigenvalue weighted by Crippen LogP contribution is 2.24. The van der Waals surface area contributed by atoms with Crippen LogP contribution in [-0.2, 0) is 0 Å². The van der Waals surface area contributed by atoms with Crippen LogP contribution in [0.2, 0.25) is 5.28 Å². The van der Waals surface area contributed by atoms with Crippen LogP contribution in [0.3, 0.4) is 0 Å². The van der Waals surface area contributed by atoms with Gasteiger partial charge in [-0.05, 0) is 43.1 Å². The smallest absolute Gasteiger partial charge is 0.266 e. The highest BCUT2D eigenvalue weighted by molar-refractivity contribution is 6.28. The zero-order valence-electron chi connectivity index (χ0n) is 10.3. The predicted molar refractivity (Wildman–Crippen MR) is 73.8 cm³/mol. The molecule has 0 spiro atoms. The number of aromatic hydroxyl groups is 1. The molecule has 1 aliphatic rings. The van der Waals surface area contributed by atoms with E-state index in [0.29, 0.717) is 12.1 Å². The minimum atomic E-state index is -0.276. The van der Waals surface area contributed by atoms with E-state index in [1.165, 1.54) is 10.6 Å². The molecule has 1 aliphatic heterocycles. The van der Waals surface area contributed by atoms with Gasteiger partial charge < -0.3 is 10.4 Å². The van der Waals surface area contributed by atoms with Crippen LogP contribution in [0.25, 0.3) is 10.9 Å². The maximum absolute atomic E-state index is 12.5. The highest BCUT2D eigenvalue weighted by atomic mass is 35.5. The van der Waals surface area contributed by atoms with Crippen LogP contribution in [-0.4, -0.2) is 27.7 Å². The van der Waals surface area contributed by atoms with E-state index in [2.05, 4.69) is 10.3 Å². The van der Waals surface area contributed by atoms with Crippen LogP contribution >= 0.6 is 11.6 Å². The second-order valence-electron chi connectivity index (χ2n) is 4.73. The summed E-state index contributed by atoms with van der Waals surface area (Å²) in [6, 6.07) is 4.80. The maximum Gasteiger partial charge on any atom is 0.266 e. The van der Waals surface area contributed by atoms with Gasteiger partial charge in [-0.25, -0.2) is 4.98 Å². The molecule has 0 saturated carbocycles. The molecule has 1 unspecified atom stereocenters. The van der Waals surface area contributed by atoms with E-state index >= 15 is 0 Å². The minimum absolute atomic E-state index is 0.00902. The molecule has 6 heteroatoms. The topological polar surface area (TPSA) is 67.1 Å². The third-order valence-corrected chi connectivity index (χ3v) is 3.77. The second kappa shape index (κ2) is 4.83. The summed E-state index contributed by atoms with van der Waals surface area (Å²) in [4.78, 5) is 16.7. The first kappa shape index (κ1) is 12.4. The van der Waals surface area contributed by atoms with E-state index in [1.54, 1.807) is 12.1 Å². The van der Waals surface area contributed by atoms with Crippen molar-refractivity contribution in [1.82, 2.24) is 14.9 Å². The number of benzene rings is 1. The van der Waals surface area contributed by atoms with Gasteiger partial charge in [0.2, 0.25) is 5.28 Å². The van der Waals surface area contributed by atoms with Gasteiger partial charge in [0, 0.05) is 6.54 Å². The fourth-order valence-electron chi connectivity index (χ4n) is 2.57. The Morgan fingerprint density at radius 2 is 2.32 bits per heavy atom. The van der Waals surface area contributed by atoms with E-state index in [4.69, 9.17) is 11.6 Å². The van der Waals surface area contributed by atoms with Gasteiger partial charge in [-0.15, -0.1) is 0 Å². The van der Waals surface area contributed by atoms with Gasteiger partial charge in [0.15, 0.2) is 0 Å². The number of fused-ring (bicyclic) bond motifs is 1. The van der Waals surface area contributed by atoms with E-state index in [-0.39, 0.29) is 28.0 Å². The van der Waals surface area contributed by atoms with Gasteiger partial charge in [0.05, 0.1) is 11.6 Å². The summed E-state index contributed by atoms with van der Waals surface area (Å²) in [5, 5.41) is 13.5. The number of phenols is 1. The van der Waals surface area contributed by atoms with E-state index in [9.17, 15) is 9.90 Å². The lowest BCUT2D eigenvalue weighted by Crippen LogP contribution is -2.37. The highest BCUT2D eigenvalue weighted by Gasteiger charge is 2.21. The molecule has 1 fully saturated rings. The summed E-state index contributed by atoms with van der Waals surface area (Å²) in [6.07, 6.45) is 1.87. The Balaban J connectivity index is 2.24. The van der Waals surface area contributed by atoms with Crippen molar-refractivity contribution in [3.8, 4) is 5.75 Å². The molecular formula is C13H14ClN3O2. The summed E-state index contributed by atoms with van der Waals surface area (Å²) < 4.78 is 1.48. The summed E-state index contributed by atoms with van der Waals surface area (Å²) in [5.74, 6) is -0.0517. The zero-order chi connectivity index (χ0) is 13.4. The number of nitrogens with one attached hydrogen (secondary N) is 1. The number of nitrogens with zero attached hydrogens (tertiary/aromatic N) is 2. The largest absolute Gasteiger partial charge is 0.507 e. The number of phenolic OH excluding ortho intramolecular Hbond substituents is 1. The number of piperidine rings is 1. The van der Waals surface area contributed by atoms with Crippen molar-refractivity contribution < 1.29 is 5.11 Å². The average molecular weight is 280 g/mol. The molecule has 2 N–H and O–H groups in total. The maximum atomic E-state index is 12.5. The Bertz CT molecular complexity index is 677. The molecule has 2 heterocycles. The van der Waals surface area contributed by atoms with Crippen molar-refractivity contribution >= 4 is 22.5 Å². The first-order chi connectivity index (χ1) is 9.18. The van der Waals surface area contributed by atoms with Crippen LogP contribution in [0, 0.1) is 0 Å². The monoisotopic (exact) mass is 279 g/mol. The van der Waals surface area contributed by atoms with Crippen LogP contribution in [0.5, 0.6) is 5.75 Å². The fourth-order valence-corrected chi connectivity index (χ4v) is 2.87. The molecule has 2 aromatic rings. The minimum Gasteiger partial charge on any atom is -0.507 e. The summed E-state index contributed by atoms with van der Waals surface area (Å²) in [7, 11) is 0. The van der Waals surface area contributed by atoms with Gasteiger partial charge in [0.25, 0.3) is 5.56 Å². The Morgan fingerprint density at radius 3 is 3.05 bits per heavy atom. The lowest BCUT2D eigenvalue weighted by molar-refractivity contribution is 0.363. The molecule has 1 aromatic carbocycles. The number of hydrogen-bond donors (Lipinski definition) is 2. The van der Waals surface area contributed by atoms with Crippen molar-refractivity contribution in [2.24, 2.45) is 0 Å². The van der Waals surface area contributed by atoms with Gasteiger partial charge in [-0.2, -0.15) is 0 Å². The standard InChI is InChI=1S/C13H14ClN3O2/c14-13-16-9-4-1-5-10(18)11(9)12(19)17(13)8-3-2-6-15-7-8/h1,4-5,8,15,18H,2-3,6-7H2. The third-order valence-electron chi connectivity index (χ3n) is 3.50. The van der Waals surface area contributed by atoms with Gasteiger partial charge in [0.1, 0.15) is 11.1 Å². The molecule has 3 rings (SSSR count). The Labute approximate surface area is 114 Å². The number of halogens is 1. The van der Waals surface area contributed by atoms with Crippen LogP contribution in [0.1, 0.15) is 18.9 Å². The molecule has 19 heavy (non-hydrogen) atoms. The molecule has 5 nitrogen and oxygen atoms in total. The Morgan fingerprint density at radius 1 is 1.47 bits per heavy atom. The Hall–Kier alpha value is -1.59. The molecule has 1 saturated heterocycles. The van der Waals surface area contributed by atoms with Crippen molar-refractivity contribution in [3.05, 3.63) is 33.8 Å². The van der Waals surface area contributed by atoms with Crippen molar-refractivity contribution in [2.75, 3.05) is 13.1 Å². The summed E-state index contributed by atoms with van der Waals surface area (Å²) in [5.41, 5.74) is 0.150. The lowest BCUT2D eigenvalue weighted by atomic mass is 10.1. The predicted octanol–water partition coefficient (Wildman–Crippen LogP) is 1.68. The number of aromatic nitrogens is 2. The molecular weight excluding hydrogens is 266 g/mol. The van der Waals surface area contributed by atoms with Crippen LogP contribution in [0.4, 0.5) is 0 Å². The quantitative estimate of drug-likeness (QED) is 0.780. The molecule has 0 aliphatic carbocycles. The first-order valence-corrected chi connectivity index (χ1v) is 6.66. The molecule has 1 atom stereocenters. The summed E-state index contributed by atoms with van der Waals surface area (Å²) in [6.45, 7) is 1.65. The van der Waals surface area contributed by atoms with Crippen molar-refractivity contribution in [3.63, 3.8) is 0 Å². The normalized spacial score (nSPS) is 19.7. The lowest BCUT2D eigenvalue weighted by Gasteiger charge is -2.25. The molecule has 0 radical (unpaired) electrons. The van der Waals surface area contributed by atoms with E-state index in [1.807, 2.05) is 0 Å². The van der Waals surface area contributed by atoms with Gasteiger partial charge in [-0.3, -0.25) is 9.36 Å². The third kappa shape index (κ3) is 2.09. The molecule has 100 valence electrons. The molecule has 0 bridgehead atoms. The first-order valence-electron chi connectivity index (χ1n) is 6.29. The van der Waals surface area contributed by atoms with Crippen LogP contribution in [0.15, 0.2) is 23.0 Å². The SMILES string of the molecule is O=c1c2c(O)cccc2nc(Cl)n1C1CCCNC1. The molecule has 0 amide bonds. The Kier molecular flexibility index (Phi) is 3.16. The van der Waals surface area contributed by atoms with Crippen LogP contribution < -0.4 is 10.9 Å². The molecule has 1 aromatic heterocycles. The summed E-state index contributed by atoms with van der Waals surface area (Å²) >= 11 is 6.14. The van der Waals surface area contributed by atoms with Crippen molar-refractivity contribution in [1.29, 1.82) is 0 Å². The second-order valence-corrected chi connectivity index (χ2v) is 5.07. The number of hydrogen-bond acceptors (Lipinski definition) is 4. The fraction of sp³-hybridized carbons (Fsp3) is 0.385. The van der Waals surface area contributed by atoms with Gasteiger partial charge >= 0.3 is 0 Å². The van der Waals surface area contributed by atoms with Crippen molar-refractivity contribution in [2.45, 2.75) is 18.9 Å². The van der Waals surface area contributed by atoms with E-state index in [0.717, 1.165) is 19.4 Å². The number of rotatable bonds is 1. The van der Waals surface area contributed by atoms with E-state index < -0.39 is 0 Å². The average Bonchev–Trinajstić information content (AvgIpc) is 2.39. The van der Waals surface area contributed by atoms with Gasteiger partial charge in [-0.1, -0.05) is 6.07 Å².